The maximum atomic E-state index is 12.2. The normalized spacial score (nSPS) is 10.9. The Morgan fingerprint density at radius 1 is 0.697 bits per heavy atom. The molecule has 0 saturated heterocycles. The molecule has 1 aromatic rings. The molecule has 7 nitrogen and oxygen atoms in total. The van der Waals surface area contributed by atoms with Crippen molar-refractivity contribution < 1.29 is 24.9 Å². The summed E-state index contributed by atoms with van der Waals surface area (Å²) in [6.07, 6.45) is 19.8. The molecule has 0 bridgehead atoms. The Balaban J connectivity index is 2.17. The van der Waals surface area contributed by atoms with E-state index in [2.05, 4.69) is 6.92 Å². The van der Waals surface area contributed by atoms with Crippen LogP contribution in [0, 0.1) is 0 Å². The smallest absolute Gasteiger partial charge is 0.316 e. The molecule has 0 heterocycles. The van der Waals surface area contributed by atoms with E-state index in [4.69, 9.17) is 5.73 Å². The zero-order chi connectivity index (χ0) is 24.5. The molecule has 33 heavy (non-hydrogen) atoms. The van der Waals surface area contributed by atoms with Crippen LogP contribution in [0.3, 0.4) is 0 Å². The van der Waals surface area contributed by atoms with Gasteiger partial charge in [-0.3, -0.25) is 9.59 Å². The number of hydrogen-bond donors (Lipinski definition) is 4. The molecular formula is C26H44N2O5. The Morgan fingerprint density at radius 3 is 1.42 bits per heavy atom. The fraction of sp³-hybridized carbons (Fsp3) is 0.692. The van der Waals surface area contributed by atoms with Crippen molar-refractivity contribution in [3.05, 3.63) is 12.1 Å². The molecule has 1 rings (SSSR count). The number of nitrogens with zero attached hydrogens (tertiary/aromatic N) is 1. The molecule has 0 aliphatic heterocycles. The number of nitrogens with two attached hydrogens (primary N) is 1. The first-order chi connectivity index (χ1) is 15.9. The standard InChI is InChI=1S/C26H44N2O5/c1-2-3-4-5-6-7-8-9-10-11-12-13-14-15-16-17-18-28(26(33)25(27)32)21-19-22(29)24(31)23(30)20-21/h19-20,29-31H,2-18H2,1H3,(H2,27,32). The lowest BCUT2D eigenvalue weighted by molar-refractivity contribution is -0.135. The van der Waals surface area contributed by atoms with E-state index in [0.29, 0.717) is 6.42 Å². The Morgan fingerprint density at radius 2 is 1.06 bits per heavy atom. The molecule has 0 aliphatic rings. The SMILES string of the molecule is CCCCCCCCCCCCCCCCCCN(C(=O)C(N)=O)c1cc(O)c(O)c(O)c1. The number of hydrogen-bond acceptors (Lipinski definition) is 5. The first kappa shape index (κ1) is 28.6. The molecule has 2 amide bonds. The Labute approximate surface area is 199 Å². The van der Waals surface area contributed by atoms with Gasteiger partial charge >= 0.3 is 11.8 Å². The number of carbonyl (C=O) groups excluding carboxylic acids is 2. The van der Waals surface area contributed by atoms with Crippen LogP contribution in [0.5, 0.6) is 17.2 Å². The van der Waals surface area contributed by atoms with E-state index < -0.39 is 29.1 Å². The number of amides is 2. The molecule has 0 fully saturated rings. The van der Waals surface area contributed by atoms with Crippen molar-refractivity contribution in [1.29, 1.82) is 0 Å². The monoisotopic (exact) mass is 464 g/mol. The first-order valence-electron chi connectivity index (χ1n) is 12.7. The second-order valence-corrected chi connectivity index (χ2v) is 8.96. The van der Waals surface area contributed by atoms with Crippen molar-refractivity contribution in [3.63, 3.8) is 0 Å². The summed E-state index contributed by atoms with van der Waals surface area (Å²) in [7, 11) is 0. The molecule has 0 saturated carbocycles. The average molecular weight is 465 g/mol. The third-order valence-corrected chi connectivity index (χ3v) is 6.06. The number of benzene rings is 1. The van der Waals surface area contributed by atoms with E-state index in [9.17, 15) is 24.9 Å². The van der Waals surface area contributed by atoms with E-state index in [-0.39, 0.29) is 12.2 Å². The summed E-state index contributed by atoms with van der Waals surface area (Å²) in [5.74, 6) is -3.84. The minimum absolute atomic E-state index is 0.118. The summed E-state index contributed by atoms with van der Waals surface area (Å²) in [6, 6.07) is 2.25. The molecule has 0 aliphatic carbocycles. The Bertz CT molecular complexity index is 685. The van der Waals surface area contributed by atoms with Crippen molar-refractivity contribution in [2.24, 2.45) is 5.73 Å². The predicted octanol–water partition coefficient (Wildman–Crippen LogP) is 5.88. The fourth-order valence-corrected chi connectivity index (χ4v) is 4.04. The molecule has 188 valence electrons. The van der Waals surface area contributed by atoms with Crippen LogP contribution in [-0.4, -0.2) is 33.7 Å². The quantitative estimate of drug-likeness (QED) is 0.123. The zero-order valence-corrected chi connectivity index (χ0v) is 20.4. The van der Waals surface area contributed by atoms with Crippen LogP contribution in [0.4, 0.5) is 5.69 Å². The van der Waals surface area contributed by atoms with Crippen molar-refractivity contribution in [1.82, 2.24) is 0 Å². The van der Waals surface area contributed by atoms with Crippen molar-refractivity contribution in [2.75, 3.05) is 11.4 Å². The molecule has 0 aromatic heterocycles. The number of phenols is 3. The highest BCUT2D eigenvalue weighted by Gasteiger charge is 2.22. The molecule has 0 unspecified atom stereocenters. The number of unbranched alkanes of at least 4 members (excludes halogenated alkanes) is 15. The van der Waals surface area contributed by atoms with Gasteiger partial charge in [0.25, 0.3) is 0 Å². The Kier molecular flexibility index (Phi) is 14.8. The lowest BCUT2D eigenvalue weighted by atomic mass is 10.0. The van der Waals surface area contributed by atoms with Crippen LogP contribution in [-0.2, 0) is 9.59 Å². The van der Waals surface area contributed by atoms with E-state index in [1.54, 1.807) is 0 Å². The van der Waals surface area contributed by atoms with Gasteiger partial charge in [0, 0.05) is 18.7 Å². The van der Waals surface area contributed by atoms with E-state index in [0.717, 1.165) is 36.3 Å². The van der Waals surface area contributed by atoms with Gasteiger partial charge < -0.3 is 26.0 Å². The number of carbonyl (C=O) groups is 2. The van der Waals surface area contributed by atoms with Gasteiger partial charge in [-0.2, -0.15) is 0 Å². The molecule has 0 radical (unpaired) electrons. The van der Waals surface area contributed by atoms with Gasteiger partial charge in [-0.1, -0.05) is 103 Å². The van der Waals surface area contributed by atoms with E-state index in [1.807, 2.05) is 0 Å². The van der Waals surface area contributed by atoms with Crippen LogP contribution in [0.1, 0.15) is 110 Å². The molecule has 0 spiro atoms. The van der Waals surface area contributed by atoms with Gasteiger partial charge in [-0.25, -0.2) is 0 Å². The number of phenolic OH excluding ortho intramolecular Hbond substituents is 3. The second kappa shape index (κ2) is 17.1. The average Bonchev–Trinajstić information content (AvgIpc) is 2.78. The lowest BCUT2D eigenvalue weighted by Gasteiger charge is -2.22. The number of rotatable bonds is 18. The highest BCUT2D eigenvalue weighted by molar-refractivity contribution is 6.39. The van der Waals surface area contributed by atoms with Gasteiger partial charge in [0.15, 0.2) is 17.2 Å². The highest BCUT2D eigenvalue weighted by atomic mass is 16.3. The van der Waals surface area contributed by atoms with Crippen LogP contribution in [0.25, 0.3) is 0 Å². The number of anilines is 1. The maximum absolute atomic E-state index is 12.2. The van der Waals surface area contributed by atoms with Crippen LogP contribution in [0.2, 0.25) is 0 Å². The van der Waals surface area contributed by atoms with Crippen molar-refractivity contribution in [2.45, 2.75) is 110 Å². The summed E-state index contributed by atoms with van der Waals surface area (Å²) < 4.78 is 0. The minimum atomic E-state index is -1.11. The van der Waals surface area contributed by atoms with E-state index in [1.165, 1.54) is 77.0 Å². The molecule has 7 heteroatoms. The minimum Gasteiger partial charge on any atom is -0.504 e. The third kappa shape index (κ3) is 11.8. The lowest BCUT2D eigenvalue weighted by Crippen LogP contribution is -2.41. The number of aromatic hydroxyl groups is 3. The highest BCUT2D eigenvalue weighted by Crippen LogP contribution is 2.38. The van der Waals surface area contributed by atoms with Crippen LogP contribution < -0.4 is 10.6 Å². The Hall–Kier alpha value is -2.44. The summed E-state index contributed by atoms with van der Waals surface area (Å²) >= 11 is 0. The third-order valence-electron chi connectivity index (χ3n) is 6.06. The van der Waals surface area contributed by atoms with Crippen LogP contribution in [0.15, 0.2) is 12.1 Å². The fourth-order valence-electron chi connectivity index (χ4n) is 4.04. The largest absolute Gasteiger partial charge is 0.504 e. The van der Waals surface area contributed by atoms with Crippen molar-refractivity contribution in [3.8, 4) is 17.2 Å². The predicted molar refractivity (Wildman–Crippen MR) is 133 cm³/mol. The summed E-state index contributed by atoms with van der Waals surface area (Å²) in [5.41, 5.74) is 5.26. The first-order valence-corrected chi connectivity index (χ1v) is 12.7. The van der Waals surface area contributed by atoms with Gasteiger partial charge in [0.1, 0.15) is 0 Å². The van der Waals surface area contributed by atoms with Crippen LogP contribution >= 0.6 is 0 Å². The van der Waals surface area contributed by atoms with Gasteiger partial charge in [0.2, 0.25) is 0 Å². The molecule has 0 atom stereocenters. The topological polar surface area (TPSA) is 124 Å². The molecular weight excluding hydrogens is 420 g/mol. The molecule has 1 aromatic carbocycles. The second-order valence-electron chi connectivity index (χ2n) is 8.96. The summed E-state index contributed by atoms with van der Waals surface area (Å²) in [4.78, 5) is 24.7. The van der Waals surface area contributed by atoms with Gasteiger partial charge in [-0.05, 0) is 6.42 Å². The zero-order valence-electron chi connectivity index (χ0n) is 20.4. The van der Waals surface area contributed by atoms with E-state index >= 15 is 0 Å². The van der Waals surface area contributed by atoms with Gasteiger partial charge in [0.05, 0.1) is 5.69 Å². The van der Waals surface area contributed by atoms with Crippen molar-refractivity contribution >= 4 is 17.5 Å². The summed E-state index contributed by atoms with van der Waals surface area (Å²) in [6.45, 7) is 2.49. The van der Waals surface area contributed by atoms with Gasteiger partial charge in [-0.15, -0.1) is 0 Å². The number of primary amides is 1. The molecule has 5 N–H and O–H groups in total. The summed E-state index contributed by atoms with van der Waals surface area (Å²) in [5, 5.41) is 28.9. The maximum Gasteiger partial charge on any atom is 0.316 e.